The van der Waals surface area contributed by atoms with Crippen LogP contribution in [0.2, 0.25) is 0 Å². The highest BCUT2D eigenvalue weighted by Gasteiger charge is 2.08. The van der Waals surface area contributed by atoms with Gasteiger partial charge in [-0.3, -0.25) is 4.79 Å². The third-order valence-corrected chi connectivity index (χ3v) is 2.18. The van der Waals surface area contributed by atoms with E-state index in [2.05, 4.69) is 0 Å². The first-order valence-corrected chi connectivity index (χ1v) is 4.74. The lowest BCUT2D eigenvalue weighted by molar-refractivity contribution is -0.116. The number of rotatable bonds is 4. The molecule has 3 heteroatoms. The number of anilines is 1. The van der Waals surface area contributed by atoms with E-state index < -0.39 is 0 Å². The van der Waals surface area contributed by atoms with E-state index in [4.69, 9.17) is 5.73 Å². The maximum atomic E-state index is 10.8. The predicted octanol–water partition coefficient (Wildman–Crippen LogP) is 1.31. The van der Waals surface area contributed by atoms with Gasteiger partial charge in [-0.1, -0.05) is 18.2 Å². The maximum absolute atomic E-state index is 10.8. The van der Waals surface area contributed by atoms with Crippen LogP contribution in [0.1, 0.15) is 12.5 Å². The number of primary amides is 1. The summed E-state index contributed by atoms with van der Waals surface area (Å²) in [7, 11) is 0. The summed E-state index contributed by atoms with van der Waals surface area (Å²) in [6, 6.07) is 7.98. The molecule has 0 heterocycles. The molecule has 1 amide bonds. The zero-order valence-corrected chi connectivity index (χ0v) is 8.66. The second-order valence-electron chi connectivity index (χ2n) is 3.27. The average Bonchev–Trinajstić information content (AvgIpc) is 2.15. The van der Waals surface area contributed by atoms with Gasteiger partial charge in [-0.25, -0.2) is 0 Å². The van der Waals surface area contributed by atoms with Gasteiger partial charge in [0.25, 0.3) is 0 Å². The monoisotopic (exact) mass is 192 g/mol. The molecule has 0 atom stereocenters. The van der Waals surface area contributed by atoms with Crippen molar-refractivity contribution in [2.75, 3.05) is 18.0 Å². The van der Waals surface area contributed by atoms with Gasteiger partial charge in [0.05, 0.1) is 6.54 Å². The van der Waals surface area contributed by atoms with E-state index >= 15 is 0 Å². The number of hydrogen-bond acceptors (Lipinski definition) is 2. The Balaban J connectivity index is 2.89. The van der Waals surface area contributed by atoms with Gasteiger partial charge >= 0.3 is 0 Å². The van der Waals surface area contributed by atoms with Gasteiger partial charge in [-0.05, 0) is 25.5 Å². The first kappa shape index (κ1) is 10.6. The summed E-state index contributed by atoms with van der Waals surface area (Å²) >= 11 is 0. The fraction of sp³-hybridized carbons (Fsp3) is 0.364. The van der Waals surface area contributed by atoms with Gasteiger partial charge in [-0.2, -0.15) is 0 Å². The molecule has 0 radical (unpaired) electrons. The number of amides is 1. The standard InChI is InChI=1S/C11H16N2O/c1-3-13(8-11(12)14)10-7-5-4-6-9(10)2/h4-7H,3,8H2,1-2H3,(H2,12,14). The predicted molar refractivity (Wildman–Crippen MR) is 58.3 cm³/mol. The third-order valence-electron chi connectivity index (χ3n) is 2.18. The summed E-state index contributed by atoms with van der Waals surface area (Å²) in [4.78, 5) is 12.8. The van der Waals surface area contributed by atoms with Crippen molar-refractivity contribution in [3.8, 4) is 0 Å². The third kappa shape index (κ3) is 2.49. The van der Waals surface area contributed by atoms with Crippen LogP contribution in [-0.2, 0) is 4.79 Å². The molecule has 0 aliphatic heterocycles. The van der Waals surface area contributed by atoms with Crippen molar-refractivity contribution in [2.45, 2.75) is 13.8 Å². The fourth-order valence-electron chi connectivity index (χ4n) is 1.47. The molecule has 0 aliphatic rings. The molecule has 0 bridgehead atoms. The number of carbonyl (C=O) groups excluding carboxylic acids is 1. The molecule has 1 rings (SSSR count). The van der Waals surface area contributed by atoms with E-state index in [1.54, 1.807) is 0 Å². The van der Waals surface area contributed by atoms with Crippen LogP contribution in [0.5, 0.6) is 0 Å². The highest BCUT2D eigenvalue weighted by Crippen LogP contribution is 2.18. The first-order chi connectivity index (χ1) is 6.65. The van der Waals surface area contributed by atoms with Crippen LogP contribution < -0.4 is 10.6 Å². The van der Waals surface area contributed by atoms with Crippen LogP contribution in [0.15, 0.2) is 24.3 Å². The molecule has 3 nitrogen and oxygen atoms in total. The highest BCUT2D eigenvalue weighted by molar-refractivity contribution is 5.79. The van der Waals surface area contributed by atoms with Crippen molar-refractivity contribution in [2.24, 2.45) is 5.73 Å². The molecule has 2 N–H and O–H groups in total. The van der Waals surface area contributed by atoms with Gasteiger partial charge in [0.1, 0.15) is 0 Å². The molecule has 1 aromatic carbocycles. The van der Waals surface area contributed by atoms with Crippen molar-refractivity contribution in [1.82, 2.24) is 0 Å². The first-order valence-electron chi connectivity index (χ1n) is 4.74. The largest absolute Gasteiger partial charge is 0.368 e. The summed E-state index contributed by atoms with van der Waals surface area (Å²) in [6.45, 7) is 5.10. The van der Waals surface area contributed by atoms with Crippen LogP contribution in [0.4, 0.5) is 5.69 Å². The van der Waals surface area contributed by atoms with Gasteiger partial charge in [0, 0.05) is 12.2 Å². The van der Waals surface area contributed by atoms with Crippen molar-refractivity contribution in [3.05, 3.63) is 29.8 Å². The molecule has 0 aliphatic carbocycles. The van der Waals surface area contributed by atoms with E-state index in [9.17, 15) is 4.79 Å². The lowest BCUT2D eigenvalue weighted by atomic mass is 10.2. The zero-order valence-electron chi connectivity index (χ0n) is 8.66. The Morgan fingerprint density at radius 3 is 2.57 bits per heavy atom. The van der Waals surface area contributed by atoms with Crippen LogP contribution in [0.3, 0.4) is 0 Å². The number of likely N-dealkylation sites (N-methyl/N-ethyl adjacent to an activating group) is 1. The second-order valence-corrected chi connectivity index (χ2v) is 3.27. The number of nitrogens with two attached hydrogens (primary N) is 1. The van der Waals surface area contributed by atoms with Crippen molar-refractivity contribution in [1.29, 1.82) is 0 Å². The Kier molecular flexibility index (Phi) is 3.51. The quantitative estimate of drug-likeness (QED) is 0.781. The number of para-hydroxylation sites is 1. The Hall–Kier alpha value is -1.51. The number of carbonyl (C=O) groups is 1. The van der Waals surface area contributed by atoms with Crippen molar-refractivity contribution < 1.29 is 4.79 Å². The summed E-state index contributed by atoms with van der Waals surface area (Å²) < 4.78 is 0. The van der Waals surface area contributed by atoms with Crippen LogP contribution >= 0.6 is 0 Å². The lowest BCUT2D eigenvalue weighted by Crippen LogP contribution is -2.33. The number of hydrogen-bond donors (Lipinski definition) is 1. The number of benzene rings is 1. The van der Waals surface area contributed by atoms with Crippen molar-refractivity contribution >= 4 is 11.6 Å². The molecule has 14 heavy (non-hydrogen) atoms. The van der Waals surface area contributed by atoms with E-state index in [0.29, 0.717) is 0 Å². The van der Waals surface area contributed by atoms with Gasteiger partial charge < -0.3 is 10.6 Å². The van der Waals surface area contributed by atoms with E-state index in [0.717, 1.165) is 17.8 Å². The molecule has 0 unspecified atom stereocenters. The van der Waals surface area contributed by atoms with Crippen LogP contribution in [-0.4, -0.2) is 19.0 Å². The average molecular weight is 192 g/mol. The summed E-state index contributed by atoms with van der Waals surface area (Å²) in [5, 5.41) is 0. The summed E-state index contributed by atoms with van der Waals surface area (Å²) in [5.41, 5.74) is 7.42. The second kappa shape index (κ2) is 4.65. The normalized spacial score (nSPS) is 9.86. The minimum absolute atomic E-state index is 0.279. The molecular weight excluding hydrogens is 176 g/mol. The minimum atomic E-state index is -0.296. The SMILES string of the molecule is CCN(CC(N)=O)c1ccccc1C. The topological polar surface area (TPSA) is 46.3 Å². The Bertz CT molecular complexity index is 323. The number of nitrogens with zero attached hydrogens (tertiary/aromatic N) is 1. The van der Waals surface area contributed by atoms with Gasteiger partial charge in [-0.15, -0.1) is 0 Å². The molecule has 0 saturated heterocycles. The van der Waals surface area contributed by atoms with E-state index in [1.165, 1.54) is 0 Å². The summed E-state index contributed by atoms with van der Waals surface area (Å²) in [5.74, 6) is -0.296. The molecular formula is C11H16N2O. The number of aryl methyl sites for hydroxylation is 1. The molecule has 0 spiro atoms. The molecule has 0 fully saturated rings. The Morgan fingerprint density at radius 2 is 2.07 bits per heavy atom. The van der Waals surface area contributed by atoms with Crippen molar-refractivity contribution in [3.63, 3.8) is 0 Å². The van der Waals surface area contributed by atoms with E-state index in [1.807, 2.05) is 43.0 Å². The maximum Gasteiger partial charge on any atom is 0.236 e. The van der Waals surface area contributed by atoms with Crippen LogP contribution in [0.25, 0.3) is 0 Å². The zero-order chi connectivity index (χ0) is 10.6. The Morgan fingerprint density at radius 1 is 1.43 bits per heavy atom. The molecule has 76 valence electrons. The molecule has 0 aromatic heterocycles. The fourth-order valence-corrected chi connectivity index (χ4v) is 1.47. The van der Waals surface area contributed by atoms with Crippen LogP contribution in [0, 0.1) is 6.92 Å². The smallest absolute Gasteiger partial charge is 0.236 e. The minimum Gasteiger partial charge on any atom is -0.368 e. The summed E-state index contributed by atoms with van der Waals surface area (Å²) in [6.07, 6.45) is 0. The highest BCUT2D eigenvalue weighted by atomic mass is 16.1. The van der Waals surface area contributed by atoms with Gasteiger partial charge in [0.2, 0.25) is 5.91 Å². The molecule has 1 aromatic rings. The van der Waals surface area contributed by atoms with E-state index in [-0.39, 0.29) is 12.5 Å². The van der Waals surface area contributed by atoms with Gasteiger partial charge in [0.15, 0.2) is 0 Å². The lowest BCUT2D eigenvalue weighted by Gasteiger charge is -2.23. The Labute approximate surface area is 84.5 Å². The molecule has 0 saturated carbocycles.